The van der Waals surface area contributed by atoms with Crippen LogP contribution in [0.3, 0.4) is 0 Å². The summed E-state index contributed by atoms with van der Waals surface area (Å²) in [5, 5.41) is 3.25. The lowest BCUT2D eigenvalue weighted by atomic mass is 10.2. The summed E-state index contributed by atoms with van der Waals surface area (Å²) in [4.78, 5) is 24.7. The van der Waals surface area contributed by atoms with E-state index in [0.717, 1.165) is 0 Å². The lowest BCUT2D eigenvalue weighted by Crippen LogP contribution is -2.35. The van der Waals surface area contributed by atoms with Crippen LogP contribution in [0.2, 0.25) is 0 Å². The van der Waals surface area contributed by atoms with E-state index >= 15 is 0 Å². The fourth-order valence-electron chi connectivity index (χ4n) is 2.99. The Bertz CT molecular complexity index is 1170. The normalized spacial score (nSPS) is 12.8. The monoisotopic (exact) mass is 414 g/mol. The number of hydrogen-bond donors (Lipinski definition) is 1. The number of nitrogens with zero attached hydrogens (tertiary/aromatic N) is 1. The van der Waals surface area contributed by atoms with Gasteiger partial charge in [-0.25, -0.2) is 13.2 Å². The Hall–Kier alpha value is -2.97. The van der Waals surface area contributed by atoms with Crippen LogP contribution in [0.1, 0.15) is 17.3 Å². The molecule has 0 aliphatic carbocycles. The van der Waals surface area contributed by atoms with Crippen molar-refractivity contribution in [3.05, 3.63) is 70.6 Å². The quantitative estimate of drug-likeness (QED) is 0.344. The number of benzene rings is 2. The Labute approximate surface area is 168 Å². The molecule has 0 radical (unpaired) electrons. The number of nitrogens with one attached hydrogen (secondary N) is 1. The standard InChI is InChI=1S/C21H22N2O5S/c1-15(29(26,27)19-6-4-3-5-7-19)12-23(2)14-22-18-9-8-16-10-17(13-24)21(25)28-20(16)11-18/h3-11,13,15,22H,12,14H2,1-2H3. The van der Waals surface area contributed by atoms with Crippen molar-refractivity contribution < 1.29 is 17.6 Å². The zero-order chi connectivity index (χ0) is 21.0. The summed E-state index contributed by atoms with van der Waals surface area (Å²) in [5.41, 5.74) is 0.381. The zero-order valence-electron chi connectivity index (χ0n) is 16.2. The maximum Gasteiger partial charge on any atom is 0.346 e. The number of hydrogen-bond acceptors (Lipinski definition) is 7. The first-order valence-corrected chi connectivity index (χ1v) is 10.6. The van der Waals surface area contributed by atoms with Crippen molar-refractivity contribution in [3.8, 4) is 0 Å². The van der Waals surface area contributed by atoms with E-state index in [1.807, 2.05) is 11.9 Å². The van der Waals surface area contributed by atoms with E-state index in [1.54, 1.807) is 55.5 Å². The molecule has 1 heterocycles. The summed E-state index contributed by atoms with van der Waals surface area (Å²) in [6.07, 6.45) is 0.469. The van der Waals surface area contributed by atoms with Crippen molar-refractivity contribution in [1.82, 2.24) is 4.90 Å². The highest BCUT2D eigenvalue weighted by Gasteiger charge is 2.24. The molecule has 0 saturated carbocycles. The minimum absolute atomic E-state index is 0.0217. The highest BCUT2D eigenvalue weighted by atomic mass is 32.2. The first-order valence-electron chi connectivity index (χ1n) is 9.05. The summed E-state index contributed by atoms with van der Waals surface area (Å²) in [7, 11) is -1.58. The number of carbonyl (C=O) groups excluding carboxylic acids is 1. The minimum Gasteiger partial charge on any atom is -0.422 e. The molecule has 1 aromatic heterocycles. The van der Waals surface area contributed by atoms with Gasteiger partial charge in [0.05, 0.1) is 16.8 Å². The van der Waals surface area contributed by atoms with E-state index in [-0.39, 0.29) is 5.56 Å². The Morgan fingerprint density at radius 1 is 1.14 bits per heavy atom. The number of rotatable bonds is 8. The second-order valence-electron chi connectivity index (χ2n) is 6.90. The third-order valence-corrected chi connectivity index (χ3v) is 6.75. The van der Waals surface area contributed by atoms with Gasteiger partial charge in [0.15, 0.2) is 16.1 Å². The van der Waals surface area contributed by atoms with Crippen LogP contribution in [-0.4, -0.2) is 45.1 Å². The Kier molecular flexibility index (Phi) is 6.14. The van der Waals surface area contributed by atoms with E-state index < -0.39 is 20.7 Å². The van der Waals surface area contributed by atoms with Gasteiger partial charge in [-0.3, -0.25) is 9.69 Å². The molecule has 3 aromatic rings. The molecule has 0 fully saturated rings. The third-order valence-electron chi connectivity index (χ3n) is 4.61. The van der Waals surface area contributed by atoms with E-state index in [2.05, 4.69) is 5.32 Å². The summed E-state index contributed by atoms with van der Waals surface area (Å²) >= 11 is 0. The van der Waals surface area contributed by atoms with Gasteiger partial charge in [0.1, 0.15) is 11.1 Å². The maximum absolute atomic E-state index is 12.7. The Balaban J connectivity index is 1.65. The number of sulfone groups is 1. The maximum atomic E-state index is 12.7. The van der Waals surface area contributed by atoms with Crippen molar-refractivity contribution in [3.63, 3.8) is 0 Å². The van der Waals surface area contributed by atoms with E-state index in [4.69, 9.17) is 4.42 Å². The minimum atomic E-state index is -3.40. The average molecular weight is 414 g/mol. The molecule has 0 amide bonds. The number of aldehydes is 1. The smallest absolute Gasteiger partial charge is 0.346 e. The van der Waals surface area contributed by atoms with Crippen LogP contribution in [0, 0.1) is 0 Å². The molecule has 0 spiro atoms. The summed E-state index contributed by atoms with van der Waals surface area (Å²) in [6, 6.07) is 15.1. The van der Waals surface area contributed by atoms with Gasteiger partial charge in [0.25, 0.3) is 0 Å². The number of carbonyl (C=O) groups is 1. The van der Waals surface area contributed by atoms with Gasteiger partial charge in [-0.1, -0.05) is 18.2 Å². The first kappa shape index (κ1) is 20.8. The van der Waals surface area contributed by atoms with Gasteiger partial charge in [0.2, 0.25) is 0 Å². The molecule has 152 valence electrons. The van der Waals surface area contributed by atoms with Crippen LogP contribution in [0.4, 0.5) is 5.69 Å². The molecule has 1 atom stereocenters. The highest BCUT2D eigenvalue weighted by molar-refractivity contribution is 7.92. The molecule has 0 bridgehead atoms. The van der Waals surface area contributed by atoms with Crippen molar-refractivity contribution in [2.45, 2.75) is 17.1 Å². The van der Waals surface area contributed by atoms with Gasteiger partial charge in [0, 0.05) is 23.7 Å². The fraction of sp³-hybridized carbons (Fsp3) is 0.238. The predicted octanol–water partition coefficient (Wildman–Crippen LogP) is 2.77. The second kappa shape index (κ2) is 8.59. The first-order chi connectivity index (χ1) is 13.8. The third kappa shape index (κ3) is 4.72. The molecule has 1 N–H and O–H groups in total. The predicted molar refractivity (Wildman–Crippen MR) is 112 cm³/mol. The average Bonchev–Trinajstić information content (AvgIpc) is 2.72. The molecule has 29 heavy (non-hydrogen) atoms. The summed E-state index contributed by atoms with van der Waals surface area (Å²) < 4.78 is 30.5. The lowest BCUT2D eigenvalue weighted by Gasteiger charge is -2.22. The number of anilines is 1. The lowest BCUT2D eigenvalue weighted by molar-refractivity contribution is 0.112. The molecule has 7 nitrogen and oxygen atoms in total. The largest absolute Gasteiger partial charge is 0.422 e. The molecule has 8 heteroatoms. The molecule has 2 aromatic carbocycles. The molecule has 3 rings (SSSR count). The van der Waals surface area contributed by atoms with Crippen molar-refractivity contribution in [1.29, 1.82) is 0 Å². The summed E-state index contributed by atoms with van der Waals surface area (Å²) in [5.74, 6) is 0. The van der Waals surface area contributed by atoms with Crippen LogP contribution < -0.4 is 10.9 Å². The van der Waals surface area contributed by atoms with Gasteiger partial charge < -0.3 is 9.73 Å². The molecule has 0 saturated heterocycles. The van der Waals surface area contributed by atoms with Gasteiger partial charge in [-0.2, -0.15) is 0 Å². The van der Waals surface area contributed by atoms with Gasteiger partial charge in [-0.15, -0.1) is 0 Å². The van der Waals surface area contributed by atoms with Crippen molar-refractivity contribution in [2.75, 3.05) is 25.6 Å². The van der Waals surface area contributed by atoms with Gasteiger partial charge >= 0.3 is 5.63 Å². The summed E-state index contributed by atoms with van der Waals surface area (Å²) in [6.45, 7) is 2.43. The molecule has 1 unspecified atom stereocenters. The van der Waals surface area contributed by atoms with Crippen molar-refractivity contribution in [2.24, 2.45) is 0 Å². The van der Waals surface area contributed by atoms with Crippen LogP contribution >= 0.6 is 0 Å². The van der Waals surface area contributed by atoms with E-state index in [9.17, 15) is 18.0 Å². The number of fused-ring (bicyclic) bond motifs is 1. The Morgan fingerprint density at radius 3 is 2.55 bits per heavy atom. The van der Waals surface area contributed by atoms with Crippen LogP contribution in [0.15, 0.2) is 68.7 Å². The topological polar surface area (TPSA) is 96.7 Å². The highest BCUT2D eigenvalue weighted by Crippen LogP contribution is 2.19. The van der Waals surface area contributed by atoms with Crippen LogP contribution in [0.5, 0.6) is 0 Å². The Morgan fingerprint density at radius 2 is 1.86 bits per heavy atom. The molecular weight excluding hydrogens is 392 g/mol. The van der Waals surface area contributed by atoms with E-state index in [1.165, 1.54) is 6.07 Å². The second-order valence-corrected chi connectivity index (χ2v) is 9.27. The zero-order valence-corrected chi connectivity index (χ0v) is 17.0. The van der Waals surface area contributed by atoms with Gasteiger partial charge in [-0.05, 0) is 44.3 Å². The van der Waals surface area contributed by atoms with Crippen molar-refractivity contribution >= 4 is 32.8 Å². The molecule has 0 aliphatic rings. The molecular formula is C21H22N2O5S. The van der Waals surface area contributed by atoms with Crippen LogP contribution in [-0.2, 0) is 9.84 Å². The van der Waals surface area contributed by atoms with Crippen LogP contribution in [0.25, 0.3) is 11.0 Å². The fourth-order valence-corrected chi connectivity index (χ4v) is 4.44. The SMILES string of the molecule is CC(CN(C)CNc1ccc2cc(C=O)c(=O)oc2c1)S(=O)(=O)c1ccccc1. The van der Waals surface area contributed by atoms with E-state index in [0.29, 0.717) is 41.1 Å². The molecule has 0 aliphatic heterocycles.